The summed E-state index contributed by atoms with van der Waals surface area (Å²) in [5.41, 5.74) is 6.66. The highest BCUT2D eigenvalue weighted by atomic mass is 19.4. The topological polar surface area (TPSA) is 43.8 Å². The molecule has 6 heteroatoms. The minimum Gasteiger partial charge on any atom is -0.319 e. The Kier molecular flexibility index (Phi) is 3.13. The van der Waals surface area contributed by atoms with Gasteiger partial charge >= 0.3 is 6.18 Å². The third kappa shape index (κ3) is 2.38. The van der Waals surface area contributed by atoms with Crippen LogP contribution >= 0.6 is 0 Å². The molecule has 2 rings (SSSR count). The third-order valence-corrected chi connectivity index (χ3v) is 2.77. The van der Waals surface area contributed by atoms with Crippen LogP contribution in [0.15, 0.2) is 36.5 Å². The summed E-state index contributed by atoms with van der Waals surface area (Å²) in [7, 11) is 1.74. The van der Waals surface area contributed by atoms with Gasteiger partial charge in [0.1, 0.15) is 0 Å². The average molecular weight is 255 g/mol. The van der Waals surface area contributed by atoms with Gasteiger partial charge in [0.15, 0.2) is 0 Å². The predicted molar refractivity (Wildman–Crippen MR) is 60.7 cm³/mol. The first-order valence-corrected chi connectivity index (χ1v) is 5.30. The molecule has 1 heterocycles. The fourth-order valence-electron chi connectivity index (χ4n) is 1.74. The van der Waals surface area contributed by atoms with Gasteiger partial charge in [-0.15, -0.1) is 0 Å². The average Bonchev–Trinajstić information content (AvgIpc) is 2.73. The molecule has 1 atom stereocenters. The van der Waals surface area contributed by atoms with E-state index in [4.69, 9.17) is 5.73 Å². The largest absolute Gasteiger partial charge is 0.416 e. The van der Waals surface area contributed by atoms with Crippen molar-refractivity contribution in [2.24, 2.45) is 12.8 Å². The lowest BCUT2D eigenvalue weighted by atomic mass is 10.0. The van der Waals surface area contributed by atoms with Gasteiger partial charge in [-0.3, -0.25) is 4.68 Å². The molecule has 1 aromatic carbocycles. The molecule has 96 valence electrons. The molecule has 0 saturated carbocycles. The van der Waals surface area contributed by atoms with E-state index in [-0.39, 0.29) is 0 Å². The van der Waals surface area contributed by atoms with E-state index >= 15 is 0 Å². The second kappa shape index (κ2) is 4.45. The fourth-order valence-corrected chi connectivity index (χ4v) is 1.74. The Morgan fingerprint density at radius 3 is 2.22 bits per heavy atom. The highest BCUT2D eigenvalue weighted by Crippen LogP contribution is 2.30. The maximum Gasteiger partial charge on any atom is 0.416 e. The van der Waals surface area contributed by atoms with Crippen molar-refractivity contribution in [1.29, 1.82) is 0 Å². The quantitative estimate of drug-likeness (QED) is 0.896. The van der Waals surface area contributed by atoms with E-state index in [0.29, 0.717) is 5.56 Å². The number of benzene rings is 1. The highest BCUT2D eigenvalue weighted by molar-refractivity contribution is 5.31. The van der Waals surface area contributed by atoms with Crippen molar-refractivity contribution in [1.82, 2.24) is 9.78 Å². The summed E-state index contributed by atoms with van der Waals surface area (Å²) in [6.07, 6.45) is -2.73. The zero-order valence-corrected chi connectivity index (χ0v) is 9.65. The second-order valence-electron chi connectivity index (χ2n) is 3.98. The van der Waals surface area contributed by atoms with Crippen LogP contribution in [0.2, 0.25) is 0 Å². The van der Waals surface area contributed by atoms with Gasteiger partial charge in [-0.25, -0.2) is 0 Å². The molecule has 18 heavy (non-hydrogen) atoms. The number of hydrogen-bond acceptors (Lipinski definition) is 2. The number of alkyl halides is 3. The Hall–Kier alpha value is -1.82. The molecule has 0 amide bonds. The molecule has 2 aromatic rings. The van der Waals surface area contributed by atoms with Crippen molar-refractivity contribution in [3.8, 4) is 0 Å². The molecule has 0 radical (unpaired) electrons. The molecular weight excluding hydrogens is 243 g/mol. The first-order valence-electron chi connectivity index (χ1n) is 5.30. The van der Waals surface area contributed by atoms with Crippen LogP contribution in [0.25, 0.3) is 0 Å². The zero-order chi connectivity index (χ0) is 13.3. The number of hydrogen-bond donors (Lipinski definition) is 1. The van der Waals surface area contributed by atoms with Crippen molar-refractivity contribution in [2.75, 3.05) is 0 Å². The van der Waals surface area contributed by atoms with Gasteiger partial charge in [-0.2, -0.15) is 18.3 Å². The molecule has 0 fully saturated rings. The first kappa shape index (κ1) is 12.6. The number of aryl methyl sites for hydroxylation is 1. The number of aromatic nitrogens is 2. The monoisotopic (exact) mass is 255 g/mol. The van der Waals surface area contributed by atoms with Gasteiger partial charge < -0.3 is 5.73 Å². The van der Waals surface area contributed by atoms with Gasteiger partial charge in [0.05, 0.1) is 17.3 Å². The van der Waals surface area contributed by atoms with Crippen molar-refractivity contribution < 1.29 is 13.2 Å². The Bertz CT molecular complexity index is 528. The van der Waals surface area contributed by atoms with Crippen LogP contribution in [0.5, 0.6) is 0 Å². The Balaban J connectivity index is 2.28. The molecule has 0 bridgehead atoms. The van der Waals surface area contributed by atoms with Crippen LogP contribution in [-0.4, -0.2) is 9.78 Å². The van der Waals surface area contributed by atoms with Crippen molar-refractivity contribution in [3.63, 3.8) is 0 Å². The minimum atomic E-state index is -4.32. The van der Waals surface area contributed by atoms with Gasteiger partial charge in [-0.05, 0) is 23.8 Å². The van der Waals surface area contributed by atoms with E-state index in [9.17, 15) is 13.2 Å². The van der Waals surface area contributed by atoms with Crippen molar-refractivity contribution in [3.05, 3.63) is 53.3 Å². The molecule has 0 aliphatic rings. The molecule has 2 N–H and O–H groups in total. The summed E-state index contributed by atoms with van der Waals surface area (Å²) in [5, 5.41) is 3.98. The normalized spacial score (nSPS) is 13.6. The SMILES string of the molecule is Cn1nccc1C(N)c1ccc(C(F)(F)F)cc1. The molecule has 0 spiro atoms. The van der Waals surface area contributed by atoms with E-state index in [2.05, 4.69) is 5.10 Å². The van der Waals surface area contributed by atoms with E-state index in [1.807, 2.05) is 0 Å². The number of nitrogens with two attached hydrogens (primary N) is 1. The number of halogens is 3. The lowest BCUT2D eigenvalue weighted by molar-refractivity contribution is -0.137. The Morgan fingerprint density at radius 1 is 1.17 bits per heavy atom. The van der Waals surface area contributed by atoms with Crippen LogP contribution < -0.4 is 5.73 Å². The number of nitrogens with zero attached hydrogens (tertiary/aromatic N) is 2. The second-order valence-corrected chi connectivity index (χ2v) is 3.98. The highest BCUT2D eigenvalue weighted by Gasteiger charge is 2.30. The van der Waals surface area contributed by atoms with E-state index in [1.165, 1.54) is 12.1 Å². The summed E-state index contributed by atoms with van der Waals surface area (Å²) in [6, 6.07) is 6.10. The summed E-state index contributed by atoms with van der Waals surface area (Å²) in [4.78, 5) is 0. The van der Waals surface area contributed by atoms with E-state index in [0.717, 1.165) is 17.8 Å². The van der Waals surface area contributed by atoms with Gasteiger partial charge in [0.25, 0.3) is 0 Å². The van der Waals surface area contributed by atoms with Crippen LogP contribution in [0.3, 0.4) is 0 Å². The van der Waals surface area contributed by atoms with Gasteiger partial charge in [0.2, 0.25) is 0 Å². The molecule has 0 aliphatic carbocycles. The zero-order valence-electron chi connectivity index (χ0n) is 9.65. The van der Waals surface area contributed by atoms with Gasteiger partial charge in [0, 0.05) is 13.2 Å². The minimum absolute atomic E-state index is 0.486. The third-order valence-electron chi connectivity index (χ3n) is 2.77. The summed E-state index contributed by atoms with van der Waals surface area (Å²) in [6.45, 7) is 0. The molecule has 1 aromatic heterocycles. The molecular formula is C12H12F3N3. The lowest BCUT2D eigenvalue weighted by Gasteiger charge is -2.13. The van der Waals surface area contributed by atoms with Crippen molar-refractivity contribution >= 4 is 0 Å². The predicted octanol–water partition coefficient (Wildman–Crippen LogP) is 2.49. The fraction of sp³-hybridized carbons (Fsp3) is 0.250. The number of rotatable bonds is 2. The standard InChI is InChI=1S/C12H12F3N3/c1-18-10(6-7-17-18)11(16)8-2-4-9(5-3-8)12(13,14)15/h2-7,11H,16H2,1H3. The molecule has 3 nitrogen and oxygen atoms in total. The van der Waals surface area contributed by atoms with Crippen LogP contribution in [0, 0.1) is 0 Å². The Labute approximate surface area is 102 Å². The van der Waals surface area contributed by atoms with Crippen LogP contribution in [-0.2, 0) is 13.2 Å². The summed E-state index contributed by atoms with van der Waals surface area (Å²) in [5.74, 6) is 0. The van der Waals surface area contributed by atoms with Crippen LogP contribution in [0.1, 0.15) is 22.9 Å². The summed E-state index contributed by atoms with van der Waals surface area (Å²) >= 11 is 0. The maximum absolute atomic E-state index is 12.4. The van der Waals surface area contributed by atoms with Crippen molar-refractivity contribution in [2.45, 2.75) is 12.2 Å². The molecule has 0 aliphatic heterocycles. The first-order chi connectivity index (χ1) is 8.39. The smallest absolute Gasteiger partial charge is 0.319 e. The van der Waals surface area contributed by atoms with Gasteiger partial charge in [-0.1, -0.05) is 12.1 Å². The lowest BCUT2D eigenvalue weighted by Crippen LogP contribution is -2.16. The maximum atomic E-state index is 12.4. The van der Waals surface area contributed by atoms with E-state index < -0.39 is 17.8 Å². The molecule has 0 saturated heterocycles. The summed E-state index contributed by atoms with van der Waals surface area (Å²) < 4.78 is 38.8. The van der Waals surface area contributed by atoms with E-state index in [1.54, 1.807) is 24.0 Å². The Morgan fingerprint density at radius 2 is 1.78 bits per heavy atom. The van der Waals surface area contributed by atoms with Crippen LogP contribution in [0.4, 0.5) is 13.2 Å². The molecule has 1 unspecified atom stereocenters.